The van der Waals surface area contributed by atoms with Crippen LogP contribution in [0.15, 0.2) is 44.8 Å². The first-order valence-corrected chi connectivity index (χ1v) is 10.2. The van der Waals surface area contributed by atoms with Crippen LogP contribution in [0.5, 0.6) is 0 Å². The number of carbonyl (C=O) groups is 2. The van der Waals surface area contributed by atoms with Gasteiger partial charge in [-0.2, -0.15) is 0 Å². The van der Waals surface area contributed by atoms with Gasteiger partial charge in [-0.25, -0.2) is 0 Å². The summed E-state index contributed by atoms with van der Waals surface area (Å²) in [7, 11) is 0. The van der Waals surface area contributed by atoms with Crippen molar-refractivity contribution >= 4 is 62.7 Å². The van der Waals surface area contributed by atoms with E-state index in [0.29, 0.717) is 11.4 Å². The van der Waals surface area contributed by atoms with Crippen molar-refractivity contribution < 1.29 is 14.0 Å². The highest BCUT2D eigenvalue weighted by atomic mass is 79.9. The van der Waals surface area contributed by atoms with Crippen molar-refractivity contribution in [1.82, 2.24) is 5.32 Å². The van der Waals surface area contributed by atoms with Gasteiger partial charge >= 0.3 is 0 Å². The van der Waals surface area contributed by atoms with Crippen LogP contribution in [0.4, 0.5) is 11.6 Å². The molecule has 4 rings (SSSR count). The monoisotopic (exact) mass is 459 g/mol. The second kappa shape index (κ2) is 7.52. The molecule has 0 atom stereocenters. The number of thiocarbonyl (C=S) groups is 1. The lowest BCUT2D eigenvalue weighted by Gasteiger charge is -2.29. The maximum Gasteiger partial charge on any atom is 0.270 e. The predicted molar refractivity (Wildman–Crippen MR) is 115 cm³/mol. The van der Waals surface area contributed by atoms with E-state index in [1.807, 2.05) is 25.1 Å². The molecule has 2 amide bonds. The van der Waals surface area contributed by atoms with Gasteiger partial charge in [0, 0.05) is 19.2 Å². The number of hydrogen-bond donors (Lipinski definition) is 1. The van der Waals surface area contributed by atoms with Crippen LogP contribution in [-0.2, 0) is 9.59 Å². The lowest BCUT2D eigenvalue weighted by molar-refractivity contribution is -0.122. The molecule has 28 heavy (non-hydrogen) atoms. The van der Waals surface area contributed by atoms with Gasteiger partial charge in [-0.05, 0) is 71.7 Å². The van der Waals surface area contributed by atoms with Gasteiger partial charge in [0.2, 0.25) is 5.88 Å². The number of benzene rings is 1. The zero-order chi connectivity index (χ0) is 19.8. The van der Waals surface area contributed by atoms with E-state index in [9.17, 15) is 9.59 Å². The van der Waals surface area contributed by atoms with Gasteiger partial charge in [-0.1, -0.05) is 12.1 Å². The van der Waals surface area contributed by atoms with Gasteiger partial charge in [0.05, 0.1) is 10.2 Å². The Morgan fingerprint density at radius 3 is 2.68 bits per heavy atom. The topological polar surface area (TPSA) is 65.8 Å². The number of halogens is 1. The van der Waals surface area contributed by atoms with Crippen molar-refractivity contribution in [2.24, 2.45) is 0 Å². The minimum absolute atomic E-state index is 0.0238. The summed E-state index contributed by atoms with van der Waals surface area (Å²) in [6.07, 6.45) is 3.70. The largest absolute Gasteiger partial charge is 0.440 e. The Bertz CT molecular complexity index is 1010. The molecule has 1 N–H and O–H groups in total. The van der Waals surface area contributed by atoms with Crippen LogP contribution >= 0.6 is 28.1 Å². The minimum atomic E-state index is -0.533. The maximum atomic E-state index is 13.1. The fourth-order valence-corrected chi connectivity index (χ4v) is 4.22. The van der Waals surface area contributed by atoms with Gasteiger partial charge in [0.25, 0.3) is 11.8 Å². The molecule has 2 fully saturated rings. The second-order valence-electron chi connectivity index (χ2n) is 6.79. The Morgan fingerprint density at radius 2 is 1.96 bits per heavy atom. The van der Waals surface area contributed by atoms with Gasteiger partial charge in [-0.3, -0.25) is 19.8 Å². The number of hydrogen-bond acceptors (Lipinski definition) is 5. The molecule has 2 saturated heterocycles. The number of rotatable bonds is 3. The number of amides is 2. The first kappa shape index (κ1) is 18.9. The number of anilines is 2. The Balaban J connectivity index is 1.68. The van der Waals surface area contributed by atoms with E-state index in [4.69, 9.17) is 16.6 Å². The quantitative estimate of drug-likeness (QED) is 0.429. The van der Waals surface area contributed by atoms with E-state index in [2.05, 4.69) is 26.1 Å². The molecule has 2 aliphatic rings. The van der Waals surface area contributed by atoms with E-state index in [0.717, 1.165) is 41.9 Å². The van der Waals surface area contributed by atoms with Crippen molar-refractivity contribution in [3.05, 3.63) is 51.7 Å². The normalized spacial score (nSPS) is 18.9. The molecule has 0 aliphatic carbocycles. The number of aryl methyl sites for hydroxylation is 1. The number of carbonyl (C=O) groups excluding carboxylic acids is 2. The summed E-state index contributed by atoms with van der Waals surface area (Å²) in [4.78, 5) is 29.0. The Hall–Kier alpha value is -2.45. The number of nitrogens with one attached hydrogen (secondary N) is 1. The van der Waals surface area contributed by atoms with Crippen LogP contribution in [-0.4, -0.2) is 30.0 Å². The van der Waals surface area contributed by atoms with Crippen LogP contribution in [0.25, 0.3) is 6.08 Å². The highest BCUT2D eigenvalue weighted by Gasteiger charge is 2.35. The molecule has 0 unspecified atom stereocenters. The first-order valence-electron chi connectivity index (χ1n) is 8.96. The van der Waals surface area contributed by atoms with E-state index < -0.39 is 11.8 Å². The van der Waals surface area contributed by atoms with Crippen molar-refractivity contribution in [1.29, 1.82) is 0 Å². The second-order valence-corrected chi connectivity index (χ2v) is 8.03. The lowest BCUT2D eigenvalue weighted by atomic mass is 10.1. The first-order chi connectivity index (χ1) is 13.4. The van der Waals surface area contributed by atoms with E-state index in [1.54, 1.807) is 12.1 Å². The van der Waals surface area contributed by atoms with Crippen molar-refractivity contribution in [2.75, 3.05) is 22.9 Å². The highest BCUT2D eigenvalue weighted by Crippen LogP contribution is 2.34. The third-order valence-electron chi connectivity index (χ3n) is 4.73. The third-order valence-corrected chi connectivity index (χ3v) is 5.58. The van der Waals surface area contributed by atoms with Crippen LogP contribution in [0.3, 0.4) is 0 Å². The molecular formula is C20H18BrN3O3S. The fourth-order valence-electron chi connectivity index (χ4n) is 3.38. The molecule has 1 aromatic carbocycles. The summed E-state index contributed by atoms with van der Waals surface area (Å²) in [5.74, 6) is 0.145. The molecule has 0 saturated carbocycles. The van der Waals surface area contributed by atoms with Crippen LogP contribution in [0.2, 0.25) is 0 Å². The van der Waals surface area contributed by atoms with Gasteiger partial charge in [-0.15, -0.1) is 0 Å². The molecule has 0 radical (unpaired) electrons. The summed E-state index contributed by atoms with van der Waals surface area (Å²) in [6.45, 7) is 3.78. The van der Waals surface area contributed by atoms with Crippen molar-refractivity contribution in [3.63, 3.8) is 0 Å². The highest BCUT2D eigenvalue weighted by molar-refractivity contribution is 9.10. The molecule has 1 aromatic heterocycles. The fraction of sp³-hybridized carbons (Fsp3) is 0.250. The Labute approximate surface area is 176 Å². The van der Waals surface area contributed by atoms with Crippen molar-refractivity contribution in [3.8, 4) is 0 Å². The standard InChI is InChI=1S/C20H18BrN3O3S/c1-12-5-4-6-13(9-12)24-18(26)15(17(25)22-20(24)28)10-14-11-16(21)19(27-14)23-7-2-3-8-23/h4-6,9-11H,2-3,7-8H2,1H3,(H,22,25,28)/b15-10+. The van der Waals surface area contributed by atoms with Crippen LogP contribution in [0.1, 0.15) is 24.2 Å². The van der Waals surface area contributed by atoms with Crippen LogP contribution < -0.4 is 15.1 Å². The maximum absolute atomic E-state index is 13.1. The minimum Gasteiger partial charge on any atom is -0.440 e. The average Bonchev–Trinajstić information content (AvgIpc) is 3.28. The van der Waals surface area contributed by atoms with Gasteiger partial charge < -0.3 is 9.32 Å². The predicted octanol–water partition coefficient (Wildman–Crippen LogP) is 3.78. The molecule has 6 nitrogen and oxygen atoms in total. The molecule has 2 aromatic rings. The molecular weight excluding hydrogens is 442 g/mol. The molecule has 0 spiro atoms. The summed E-state index contributed by atoms with van der Waals surface area (Å²) in [6, 6.07) is 9.16. The summed E-state index contributed by atoms with van der Waals surface area (Å²) < 4.78 is 6.71. The summed E-state index contributed by atoms with van der Waals surface area (Å²) >= 11 is 8.74. The Morgan fingerprint density at radius 1 is 1.21 bits per heavy atom. The van der Waals surface area contributed by atoms with Gasteiger partial charge in [0.15, 0.2) is 5.11 Å². The van der Waals surface area contributed by atoms with Crippen molar-refractivity contribution in [2.45, 2.75) is 19.8 Å². The molecule has 144 valence electrons. The molecule has 2 aliphatic heterocycles. The molecule has 8 heteroatoms. The molecule has 3 heterocycles. The van der Waals surface area contributed by atoms with E-state index in [1.165, 1.54) is 11.0 Å². The zero-order valence-corrected chi connectivity index (χ0v) is 17.6. The average molecular weight is 460 g/mol. The third kappa shape index (κ3) is 3.49. The smallest absolute Gasteiger partial charge is 0.270 e. The zero-order valence-electron chi connectivity index (χ0n) is 15.2. The van der Waals surface area contributed by atoms with E-state index >= 15 is 0 Å². The SMILES string of the molecule is Cc1cccc(N2C(=O)/C(=C/c3cc(Br)c(N4CCCC4)o3)C(=O)NC2=S)c1. The van der Waals surface area contributed by atoms with Crippen LogP contribution in [0, 0.1) is 6.92 Å². The number of furan rings is 1. The molecule has 0 bridgehead atoms. The summed E-state index contributed by atoms with van der Waals surface area (Å²) in [5.41, 5.74) is 1.57. The summed E-state index contributed by atoms with van der Waals surface area (Å²) in [5, 5.41) is 2.66. The van der Waals surface area contributed by atoms with Gasteiger partial charge in [0.1, 0.15) is 11.3 Å². The van der Waals surface area contributed by atoms with E-state index in [-0.39, 0.29) is 10.7 Å². The Kier molecular flexibility index (Phi) is 5.07. The lowest BCUT2D eigenvalue weighted by Crippen LogP contribution is -2.54. The number of nitrogens with zero attached hydrogens (tertiary/aromatic N) is 2.